The molecule has 0 aromatic heterocycles. The van der Waals surface area contributed by atoms with Crippen LogP contribution in [0.4, 0.5) is 0 Å². The van der Waals surface area contributed by atoms with Gasteiger partial charge in [0, 0.05) is 13.2 Å². The molecule has 0 saturated carbocycles. The number of carbonyl (C=O) groups is 1. The number of hydrogen-bond donors (Lipinski definition) is 2. The number of carboxylic acid groups (broad SMARTS) is 1. The highest BCUT2D eigenvalue weighted by Crippen LogP contribution is 2.16. The van der Waals surface area contributed by atoms with Gasteiger partial charge in [0.25, 0.3) is 0 Å². The molecule has 2 N–H and O–H groups in total. The summed E-state index contributed by atoms with van der Waals surface area (Å²) < 4.78 is 5.60. The Morgan fingerprint density at radius 3 is 2.81 bits per heavy atom. The molecule has 1 unspecified atom stereocenters. The van der Waals surface area contributed by atoms with Crippen LogP contribution in [0.2, 0.25) is 0 Å². The van der Waals surface area contributed by atoms with Crippen molar-refractivity contribution < 1.29 is 14.6 Å². The van der Waals surface area contributed by atoms with E-state index in [0.717, 1.165) is 26.0 Å². The van der Waals surface area contributed by atoms with Gasteiger partial charge in [0.05, 0.1) is 11.5 Å². The van der Waals surface area contributed by atoms with Crippen LogP contribution in [0.1, 0.15) is 39.5 Å². The Balaban J connectivity index is 2.09. The maximum atomic E-state index is 10.9. The fourth-order valence-corrected chi connectivity index (χ4v) is 1.77. The van der Waals surface area contributed by atoms with Gasteiger partial charge in [-0.3, -0.25) is 4.79 Å². The SMILES string of the molecule is CC(C)(CNCCC1CCCCO1)C(=O)O. The number of aliphatic carboxylic acids is 1. The van der Waals surface area contributed by atoms with E-state index >= 15 is 0 Å². The normalized spacial score (nSPS) is 22.0. The largest absolute Gasteiger partial charge is 0.481 e. The third-order valence-corrected chi connectivity index (χ3v) is 3.06. The van der Waals surface area contributed by atoms with Crippen LogP contribution in [0.3, 0.4) is 0 Å². The second-order valence-electron chi connectivity index (χ2n) is 5.14. The maximum Gasteiger partial charge on any atom is 0.310 e. The smallest absolute Gasteiger partial charge is 0.310 e. The quantitative estimate of drug-likeness (QED) is 0.680. The van der Waals surface area contributed by atoms with Gasteiger partial charge in [0.2, 0.25) is 0 Å². The molecule has 0 aromatic carbocycles. The summed E-state index contributed by atoms with van der Waals surface area (Å²) in [5, 5.41) is 12.1. The average Bonchev–Trinajstić information content (AvgIpc) is 2.26. The van der Waals surface area contributed by atoms with Gasteiger partial charge in [-0.25, -0.2) is 0 Å². The van der Waals surface area contributed by atoms with Crippen molar-refractivity contribution in [3.8, 4) is 0 Å². The predicted molar refractivity (Wildman–Crippen MR) is 62.5 cm³/mol. The van der Waals surface area contributed by atoms with Gasteiger partial charge < -0.3 is 15.2 Å². The Morgan fingerprint density at radius 2 is 2.25 bits per heavy atom. The molecule has 0 aromatic rings. The van der Waals surface area contributed by atoms with Gasteiger partial charge in [-0.1, -0.05) is 0 Å². The molecule has 0 bridgehead atoms. The molecule has 1 atom stereocenters. The molecule has 0 radical (unpaired) electrons. The summed E-state index contributed by atoms with van der Waals surface area (Å²) >= 11 is 0. The summed E-state index contributed by atoms with van der Waals surface area (Å²) in [5.41, 5.74) is -0.687. The maximum absolute atomic E-state index is 10.9. The van der Waals surface area contributed by atoms with E-state index < -0.39 is 11.4 Å². The van der Waals surface area contributed by atoms with E-state index in [0.29, 0.717) is 12.6 Å². The van der Waals surface area contributed by atoms with E-state index in [1.54, 1.807) is 13.8 Å². The molecular weight excluding hydrogens is 206 g/mol. The summed E-state index contributed by atoms with van der Waals surface area (Å²) in [5.74, 6) is -0.756. The lowest BCUT2D eigenvalue weighted by Gasteiger charge is -2.24. The fourth-order valence-electron chi connectivity index (χ4n) is 1.77. The van der Waals surface area contributed by atoms with E-state index in [9.17, 15) is 4.79 Å². The molecule has 16 heavy (non-hydrogen) atoms. The third kappa shape index (κ3) is 4.49. The molecule has 1 aliphatic rings. The van der Waals surface area contributed by atoms with E-state index in [2.05, 4.69) is 5.32 Å². The van der Waals surface area contributed by atoms with Gasteiger partial charge in [0.15, 0.2) is 0 Å². The molecule has 0 aliphatic carbocycles. The molecule has 0 spiro atoms. The predicted octanol–water partition coefficient (Wildman–Crippen LogP) is 1.65. The lowest BCUT2D eigenvalue weighted by Crippen LogP contribution is -2.37. The Hall–Kier alpha value is -0.610. The molecular formula is C12H23NO3. The first-order valence-corrected chi connectivity index (χ1v) is 6.08. The fraction of sp³-hybridized carbons (Fsp3) is 0.917. The van der Waals surface area contributed by atoms with Crippen molar-refractivity contribution in [3.63, 3.8) is 0 Å². The summed E-state index contributed by atoms with van der Waals surface area (Å²) in [6, 6.07) is 0. The van der Waals surface area contributed by atoms with Gasteiger partial charge in [-0.05, 0) is 46.1 Å². The Kier molecular flexibility index (Phi) is 5.22. The van der Waals surface area contributed by atoms with Crippen molar-refractivity contribution in [1.29, 1.82) is 0 Å². The first-order chi connectivity index (χ1) is 7.52. The molecule has 1 aliphatic heterocycles. The summed E-state index contributed by atoms with van der Waals surface area (Å²) in [7, 11) is 0. The van der Waals surface area contributed by atoms with Crippen molar-refractivity contribution in [1.82, 2.24) is 5.32 Å². The van der Waals surface area contributed by atoms with E-state index in [1.165, 1.54) is 12.8 Å². The molecule has 4 nitrogen and oxygen atoms in total. The molecule has 0 amide bonds. The monoisotopic (exact) mass is 229 g/mol. The highest BCUT2D eigenvalue weighted by molar-refractivity contribution is 5.73. The van der Waals surface area contributed by atoms with Crippen LogP contribution < -0.4 is 5.32 Å². The first-order valence-electron chi connectivity index (χ1n) is 6.08. The minimum Gasteiger partial charge on any atom is -0.481 e. The van der Waals surface area contributed by atoms with Crippen molar-refractivity contribution in [2.45, 2.75) is 45.6 Å². The molecule has 94 valence electrons. The molecule has 1 saturated heterocycles. The van der Waals surface area contributed by atoms with Gasteiger partial charge >= 0.3 is 5.97 Å². The second-order valence-corrected chi connectivity index (χ2v) is 5.14. The second kappa shape index (κ2) is 6.21. The van der Waals surface area contributed by atoms with Crippen molar-refractivity contribution in [2.24, 2.45) is 5.41 Å². The molecule has 1 heterocycles. The molecule has 1 rings (SSSR count). The number of nitrogens with one attached hydrogen (secondary N) is 1. The van der Waals surface area contributed by atoms with E-state index in [4.69, 9.17) is 9.84 Å². The highest BCUT2D eigenvalue weighted by Gasteiger charge is 2.26. The van der Waals surface area contributed by atoms with Crippen molar-refractivity contribution >= 4 is 5.97 Å². The Morgan fingerprint density at radius 1 is 1.50 bits per heavy atom. The van der Waals surface area contributed by atoms with Crippen LogP contribution in [0.5, 0.6) is 0 Å². The topological polar surface area (TPSA) is 58.6 Å². The van der Waals surface area contributed by atoms with Crippen LogP contribution in [0.15, 0.2) is 0 Å². The van der Waals surface area contributed by atoms with Gasteiger partial charge in [0.1, 0.15) is 0 Å². The minimum absolute atomic E-state index is 0.370. The van der Waals surface area contributed by atoms with E-state index in [-0.39, 0.29) is 0 Å². The van der Waals surface area contributed by atoms with Crippen LogP contribution in [0.25, 0.3) is 0 Å². The minimum atomic E-state index is -0.756. The Labute approximate surface area is 97.4 Å². The van der Waals surface area contributed by atoms with Crippen LogP contribution >= 0.6 is 0 Å². The zero-order chi connectivity index (χ0) is 12.0. The van der Waals surface area contributed by atoms with Crippen molar-refractivity contribution in [2.75, 3.05) is 19.7 Å². The van der Waals surface area contributed by atoms with Crippen LogP contribution in [0, 0.1) is 5.41 Å². The first kappa shape index (κ1) is 13.5. The standard InChI is InChI=1S/C12H23NO3/c1-12(2,11(14)15)9-13-7-6-10-5-3-4-8-16-10/h10,13H,3-9H2,1-2H3,(H,14,15). The lowest BCUT2D eigenvalue weighted by molar-refractivity contribution is -0.146. The summed E-state index contributed by atoms with van der Waals surface area (Å²) in [4.78, 5) is 10.9. The molecule has 4 heteroatoms. The van der Waals surface area contributed by atoms with Gasteiger partial charge in [-0.2, -0.15) is 0 Å². The van der Waals surface area contributed by atoms with E-state index in [1.807, 2.05) is 0 Å². The number of rotatable bonds is 6. The number of hydrogen-bond acceptors (Lipinski definition) is 3. The highest BCUT2D eigenvalue weighted by atomic mass is 16.5. The van der Waals surface area contributed by atoms with Crippen molar-refractivity contribution in [3.05, 3.63) is 0 Å². The van der Waals surface area contributed by atoms with Gasteiger partial charge in [-0.15, -0.1) is 0 Å². The summed E-state index contributed by atoms with van der Waals surface area (Å²) in [6.45, 7) is 5.70. The number of carboxylic acids is 1. The third-order valence-electron chi connectivity index (χ3n) is 3.06. The van der Waals surface area contributed by atoms with Crippen LogP contribution in [-0.2, 0) is 9.53 Å². The van der Waals surface area contributed by atoms with Crippen LogP contribution in [-0.4, -0.2) is 36.9 Å². The summed E-state index contributed by atoms with van der Waals surface area (Å²) in [6.07, 6.45) is 4.93. The average molecular weight is 229 g/mol. The molecule has 1 fully saturated rings. The Bertz CT molecular complexity index is 222. The zero-order valence-electron chi connectivity index (χ0n) is 10.3. The zero-order valence-corrected chi connectivity index (χ0v) is 10.3. The number of ether oxygens (including phenoxy) is 1. The lowest BCUT2D eigenvalue weighted by atomic mass is 9.94.